The molecule has 0 fully saturated rings. The van der Waals surface area contributed by atoms with Crippen LogP contribution in [0.1, 0.15) is 27.7 Å². The van der Waals surface area contributed by atoms with Crippen molar-refractivity contribution in [3.8, 4) is 0 Å². The highest BCUT2D eigenvalue weighted by molar-refractivity contribution is 8.07. The van der Waals surface area contributed by atoms with Gasteiger partial charge in [-0.3, -0.25) is 0 Å². The van der Waals surface area contributed by atoms with Gasteiger partial charge in [0.15, 0.2) is 0 Å². The third-order valence-corrected chi connectivity index (χ3v) is 2.58. The van der Waals surface area contributed by atoms with Crippen LogP contribution in [0.5, 0.6) is 0 Å². The van der Waals surface area contributed by atoms with Crippen LogP contribution in [-0.2, 0) is 20.9 Å². The van der Waals surface area contributed by atoms with Gasteiger partial charge in [-0.1, -0.05) is 0 Å². The highest BCUT2D eigenvalue weighted by atomic mass is 32.5. The number of hydrogen-bond donors (Lipinski definition) is 2. The minimum absolute atomic E-state index is 0. The molecule has 0 aromatic heterocycles. The molecule has 0 saturated heterocycles. The second kappa shape index (κ2) is 6.02. The standard InChI is InChI=1S/C6H15O3PS.H3N/c1-5(2)8-10(7,11)9-6(3)4;/h5-6H,1-4H3,(H,7,11);1H3/p+1. The van der Waals surface area contributed by atoms with E-state index in [1.807, 2.05) is 0 Å². The summed E-state index contributed by atoms with van der Waals surface area (Å²) in [6.07, 6.45) is -0.186. The van der Waals surface area contributed by atoms with Crippen LogP contribution in [0.4, 0.5) is 0 Å². The molecule has 0 bridgehead atoms. The highest BCUT2D eigenvalue weighted by Crippen LogP contribution is 2.45. The second-order valence-corrected chi connectivity index (χ2v) is 5.52. The molecule has 0 saturated carbocycles. The maximum Gasteiger partial charge on any atom is 0.325 e. The Labute approximate surface area is 79.1 Å². The lowest BCUT2D eigenvalue weighted by atomic mass is 10.5. The summed E-state index contributed by atoms with van der Waals surface area (Å²) in [5, 5.41) is 0. The summed E-state index contributed by atoms with van der Waals surface area (Å²) in [6.45, 7) is 4.25. The van der Waals surface area contributed by atoms with Crippen LogP contribution in [0.3, 0.4) is 0 Å². The van der Waals surface area contributed by atoms with E-state index >= 15 is 0 Å². The molecule has 0 spiro atoms. The zero-order valence-corrected chi connectivity index (χ0v) is 9.98. The summed E-state index contributed by atoms with van der Waals surface area (Å²) in [6, 6.07) is 0. The van der Waals surface area contributed by atoms with Gasteiger partial charge in [0.05, 0.1) is 12.2 Å². The Morgan fingerprint density at radius 3 is 1.50 bits per heavy atom. The molecule has 0 rings (SSSR count). The molecule has 0 heterocycles. The Morgan fingerprint density at radius 1 is 1.08 bits per heavy atom. The molecule has 0 aliphatic rings. The SMILES string of the molecule is CC(C)OP(O)(=S)OC(C)C.[NH4+]. The lowest BCUT2D eigenvalue weighted by Crippen LogP contribution is -2.06. The van der Waals surface area contributed by atoms with Gasteiger partial charge in [-0.2, -0.15) is 0 Å². The molecule has 0 aliphatic carbocycles. The molecule has 5 N–H and O–H groups in total. The van der Waals surface area contributed by atoms with E-state index in [9.17, 15) is 4.89 Å². The molecule has 76 valence electrons. The lowest BCUT2D eigenvalue weighted by Gasteiger charge is -2.19. The third kappa shape index (κ3) is 8.59. The van der Waals surface area contributed by atoms with E-state index in [0.29, 0.717) is 0 Å². The van der Waals surface area contributed by atoms with Crippen LogP contribution in [0.15, 0.2) is 0 Å². The fraction of sp³-hybridized carbons (Fsp3) is 1.00. The summed E-state index contributed by atoms with van der Waals surface area (Å²) in [5.41, 5.74) is 0. The van der Waals surface area contributed by atoms with Crippen molar-refractivity contribution in [2.24, 2.45) is 0 Å². The van der Waals surface area contributed by atoms with E-state index in [0.717, 1.165) is 0 Å². The highest BCUT2D eigenvalue weighted by Gasteiger charge is 2.18. The fourth-order valence-electron chi connectivity index (χ4n) is 0.558. The van der Waals surface area contributed by atoms with E-state index in [2.05, 4.69) is 0 Å². The average Bonchev–Trinajstić information content (AvgIpc) is 1.53. The van der Waals surface area contributed by atoms with Crippen LogP contribution in [0.2, 0.25) is 0 Å². The topological polar surface area (TPSA) is 75.2 Å². The first-order valence-electron chi connectivity index (χ1n) is 3.53. The molecule has 0 radical (unpaired) electrons. The van der Waals surface area contributed by atoms with E-state index in [1.165, 1.54) is 0 Å². The van der Waals surface area contributed by atoms with Gasteiger partial charge in [-0.25, -0.2) is 0 Å². The molecule has 6 heteroatoms. The number of rotatable bonds is 4. The van der Waals surface area contributed by atoms with Crippen molar-refractivity contribution in [3.63, 3.8) is 0 Å². The first kappa shape index (κ1) is 15.0. The van der Waals surface area contributed by atoms with Crippen molar-refractivity contribution in [1.29, 1.82) is 0 Å². The summed E-state index contributed by atoms with van der Waals surface area (Å²) < 4.78 is 10.0. The smallest absolute Gasteiger partial charge is 0.325 e. The number of hydrogen-bond acceptors (Lipinski definition) is 3. The van der Waals surface area contributed by atoms with Crippen LogP contribution in [0, 0.1) is 0 Å². The maximum atomic E-state index is 9.34. The molecular weight excluding hydrogens is 197 g/mol. The normalized spacial score (nSPS) is 11.9. The van der Waals surface area contributed by atoms with Gasteiger partial charge in [0.1, 0.15) is 0 Å². The lowest BCUT2D eigenvalue weighted by molar-refractivity contribution is 0.136. The van der Waals surface area contributed by atoms with Gasteiger partial charge in [-0.15, -0.1) is 0 Å². The molecule has 0 aliphatic heterocycles. The molecule has 0 aromatic carbocycles. The Hall–Kier alpha value is 0.490. The first-order valence-corrected chi connectivity index (χ1v) is 6.12. The van der Waals surface area contributed by atoms with Crippen molar-refractivity contribution in [3.05, 3.63) is 0 Å². The summed E-state index contributed by atoms with van der Waals surface area (Å²) >= 11 is 4.72. The van der Waals surface area contributed by atoms with Gasteiger partial charge < -0.3 is 20.1 Å². The summed E-state index contributed by atoms with van der Waals surface area (Å²) in [4.78, 5) is 9.34. The van der Waals surface area contributed by atoms with E-state index in [4.69, 9.17) is 20.9 Å². The van der Waals surface area contributed by atoms with Crippen LogP contribution in [0.25, 0.3) is 0 Å². The van der Waals surface area contributed by atoms with Crippen molar-refractivity contribution in [2.45, 2.75) is 39.9 Å². The van der Waals surface area contributed by atoms with Gasteiger partial charge in [0.25, 0.3) is 0 Å². The summed E-state index contributed by atoms with van der Waals surface area (Å²) in [5.74, 6) is 0. The Bertz CT molecular complexity index is 149. The Balaban J connectivity index is 0. The molecule has 12 heavy (non-hydrogen) atoms. The van der Waals surface area contributed by atoms with Crippen molar-refractivity contribution in [2.75, 3.05) is 0 Å². The molecule has 0 atom stereocenters. The maximum absolute atomic E-state index is 9.34. The molecule has 4 nitrogen and oxygen atoms in total. The summed E-state index contributed by atoms with van der Waals surface area (Å²) in [7, 11) is 0. The predicted octanol–water partition coefficient (Wildman–Crippen LogP) is 2.43. The van der Waals surface area contributed by atoms with Crippen LogP contribution >= 0.6 is 6.72 Å². The minimum atomic E-state index is -2.97. The Kier molecular flexibility index (Phi) is 7.52. The fourth-order valence-corrected chi connectivity index (χ4v) is 2.71. The largest absolute Gasteiger partial charge is 0.369 e. The van der Waals surface area contributed by atoms with Crippen LogP contribution < -0.4 is 6.15 Å². The predicted molar refractivity (Wildman–Crippen MR) is 54.9 cm³/mol. The third-order valence-electron chi connectivity index (χ3n) is 0.688. The minimum Gasteiger partial charge on any atom is -0.369 e. The average molecular weight is 216 g/mol. The second-order valence-electron chi connectivity index (χ2n) is 2.78. The molecule has 0 unspecified atom stereocenters. The van der Waals surface area contributed by atoms with E-state index in [-0.39, 0.29) is 18.4 Å². The van der Waals surface area contributed by atoms with Crippen molar-refractivity contribution in [1.82, 2.24) is 6.15 Å². The van der Waals surface area contributed by atoms with Gasteiger partial charge in [0, 0.05) is 0 Å². The van der Waals surface area contributed by atoms with E-state index in [1.54, 1.807) is 27.7 Å². The van der Waals surface area contributed by atoms with Gasteiger partial charge in [0.2, 0.25) is 0 Å². The van der Waals surface area contributed by atoms with Gasteiger partial charge in [-0.05, 0) is 39.5 Å². The van der Waals surface area contributed by atoms with Crippen molar-refractivity contribution >= 4 is 18.5 Å². The van der Waals surface area contributed by atoms with Crippen molar-refractivity contribution < 1.29 is 13.9 Å². The quantitative estimate of drug-likeness (QED) is 0.708. The molecule has 0 amide bonds. The first-order chi connectivity index (χ1) is 4.83. The van der Waals surface area contributed by atoms with Gasteiger partial charge >= 0.3 is 6.72 Å². The van der Waals surface area contributed by atoms with E-state index < -0.39 is 6.72 Å². The zero-order valence-electron chi connectivity index (χ0n) is 8.27. The van der Waals surface area contributed by atoms with Crippen LogP contribution in [-0.4, -0.2) is 17.1 Å². The monoisotopic (exact) mass is 216 g/mol. The molecular formula is C6H19NO3PS+. The molecule has 0 aromatic rings. The Morgan fingerprint density at radius 2 is 1.33 bits per heavy atom. The zero-order chi connectivity index (χ0) is 9.07. The number of quaternary nitrogens is 1.